The molecule has 0 spiro atoms. The fourth-order valence-corrected chi connectivity index (χ4v) is 5.52. The molecule has 212 valence electrons. The Morgan fingerprint density at radius 1 is 0.927 bits per heavy atom. The summed E-state index contributed by atoms with van der Waals surface area (Å²) in [6.45, 7) is 5.05. The Kier molecular flexibility index (Phi) is 8.64. The molecule has 0 unspecified atom stereocenters. The molecule has 3 aromatic carbocycles. The molecule has 0 bridgehead atoms. The van der Waals surface area contributed by atoms with Gasteiger partial charge in [-0.15, -0.1) is 6.58 Å². The molecule has 41 heavy (non-hydrogen) atoms. The smallest absolute Gasteiger partial charge is 0.334 e. The number of piperazine rings is 1. The number of fused-ring (bicyclic) bond motifs is 1. The molecule has 0 radical (unpaired) electrons. The Morgan fingerprint density at radius 3 is 2.24 bits per heavy atom. The zero-order valence-electron chi connectivity index (χ0n) is 22.9. The van der Waals surface area contributed by atoms with Gasteiger partial charge in [-0.25, -0.2) is 14.8 Å². The van der Waals surface area contributed by atoms with E-state index in [4.69, 9.17) is 0 Å². The van der Waals surface area contributed by atoms with Gasteiger partial charge in [-0.3, -0.25) is 9.59 Å². The first-order valence-corrected chi connectivity index (χ1v) is 13.8. The second-order valence-electron chi connectivity index (χ2n) is 10.3. The van der Waals surface area contributed by atoms with Gasteiger partial charge in [0.1, 0.15) is 18.0 Å². The summed E-state index contributed by atoms with van der Waals surface area (Å²) in [4.78, 5) is 44.7. The van der Waals surface area contributed by atoms with Crippen LogP contribution in [0, 0.1) is 0 Å². The zero-order chi connectivity index (χ0) is 28.8. The monoisotopic (exact) mass is 553 g/mol. The first-order valence-electron chi connectivity index (χ1n) is 13.8. The number of amides is 4. The highest BCUT2D eigenvalue weighted by atomic mass is 16.3. The minimum atomic E-state index is -0.795. The van der Waals surface area contributed by atoms with Crippen molar-refractivity contribution < 1.29 is 19.5 Å². The van der Waals surface area contributed by atoms with Crippen molar-refractivity contribution in [1.82, 2.24) is 25.1 Å². The summed E-state index contributed by atoms with van der Waals surface area (Å²) in [7, 11) is 0. The van der Waals surface area contributed by atoms with Crippen molar-refractivity contribution in [3.05, 3.63) is 114 Å². The largest absolute Gasteiger partial charge is 0.508 e. The van der Waals surface area contributed by atoms with Gasteiger partial charge in [0.15, 0.2) is 0 Å². The lowest BCUT2D eigenvalue weighted by Crippen LogP contribution is -2.76. The molecule has 0 aromatic heterocycles. The van der Waals surface area contributed by atoms with E-state index in [0.29, 0.717) is 26.1 Å². The Hall–Kier alpha value is -4.63. The lowest BCUT2D eigenvalue weighted by molar-refractivity contribution is -0.188. The third-order valence-corrected chi connectivity index (χ3v) is 7.54. The van der Waals surface area contributed by atoms with Crippen LogP contribution in [-0.2, 0) is 29.0 Å². The van der Waals surface area contributed by atoms with Crippen LogP contribution in [-0.4, -0.2) is 81.2 Å². The summed E-state index contributed by atoms with van der Waals surface area (Å²) in [5.74, 6) is -0.245. The molecule has 2 aliphatic heterocycles. The van der Waals surface area contributed by atoms with Crippen LogP contribution < -0.4 is 5.32 Å². The number of carbonyl (C=O) groups excluding carboxylic acids is 3. The molecule has 2 atom stereocenters. The van der Waals surface area contributed by atoms with Crippen LogP contribution in [0.3, 0.4) is 0 Å². The van der Waals surface area contributed by atoms with Crippen LogP contribution >= 0.6 is 0 Å². The predicted octanol–water partition coefficient (Wildman–Crippen LogP) is 3.17. The summed E-state index contributed by atoms with van der Waals surface area (Å²) in [5.41, 5.74) is 2.86. The Labute approximate surface area is 240 Å². The van der Waals surface area contributed by atoms with Crippen molar-refractivity contribution >= 4 is 17.8 Å². The fraction of sp³-hybridized carbons (Fsp3) is 0.281. The van der Waals surface area contributed by atoms with Crippen LogP contribution in [0.25, 0.3) is 0 Å². The summed E-state index contributed by atoms with van der Waals surface area (Å²) >= 11 is 0. The second kappa shape index (κ2) is 12.7. The maximum atomic E-state index is 13.9. The number of hydrogen-bond donors (Lipinski definition) is 2. The number of hydrogen-bond acceptors (Lipinski definition) is 5. The van der Waals surface area contributed by atoms with Crippen molar-refractivity contribution in [3.8, 4) is 5.75 Å². The summed E-state index contributed by atoms with van der Waals surface area (Å²) in [6.07, 6.45) is 1.89. The molecule has 0 aliphatic carbocycles. The van der Waals surface area contributed by atoms with Crippen molar-refractivity contribution in [2.75, 3.05) is 26.2 Å². The van der Waals surface area contributed by atoms with E-state index in [1.807, 2.05) is 60.7 Å². The van der Waals surface area contributed by atoms with Crippen molar-refractivity contribution in [2.45, 2.75) is 31.6 Å². The van der Waals surface area contributed by atoms with Gasteiger partial charge in [0, 0.05) is 26.1 Å². The highest BCUT2D eigenvalue weighted by molar-refractivity contribution is 5.91. The van der Waals surface area contributed by atoms with Crippen molar-refractivity contribution in [2.24, 2.45) is 0 Å². The zero-order valence-corrected chi connectivity index (χ0v) is 22.9. The summed E-state index contributed by atoms with van der Waals surface area (Å²) < 4.78 is 0. The van der Waals surface area contributed by atoms with E-state index in [0.717, 1.165) is 16.7 Å². The van der Waals surface area contributed by atoms with Gasteiger partial charge in [-0.2, -0.15) is 0 Å². The second-order valence-corrected chi connectivity index (χ2v) is 10.3. The van der Waals surface area contributed by atoms with Crippen LogP contribution in [0.5, 0.6) is 5.75 Å². The van der Waals surface area contributed by atoms with E-state index in [1.54, 1.807) is 50.2 Å². The molecule has 0 saturated carbocycles. The number of hydrazine groups is 1. The minimum absolute atomic E-state index is 0.0509. The number of nitrogens with one attached hydrogen (secondary N) is 1. The number of rotatable bonds is 9. The highest BCUT2D eigenvalue weighted by Crippen LogP contribution is 2.29. The lowest BCUT2D eigenvalue weighted by Gasteiger charge is -2.55. The number of nitrogens with zero attached hydrogens (tertiary/aromatic N) is 4. The van der Waals surface area contributed by atoms with Crippen LogP contribution in [0.4, 0.5) is 4.79 Å². The maximum absolute atomic E-state index is 13.9. The van der Waals surface area contributed by atoms with E-state index in [9.17, 15) is 19.5 Å². The third kappa shape index (κ3) is 6.41. The number of phenols is 1. The normalized spacial score (nSPS) is 19.2. The predicted molar refractivity (Wildman–Crippen MR) is 155 cm³/mol. The Balaban J connectivity index is 1.46. The van der Waals surface area contributed by atoms with Gasteiger partial charge in [-0.05, 0) is 35.2 Å². The highest BCUT2D eigenvalue weighted by Gasteiger charge is 2.51. The molecule has 2 heterocycles. The third-order valence-electron chi connectivity index (χ3n) is 7.54. The standard InChI is InChI=1S/C32H35N5O4/c1-2-18-35-23-30(39)36-28(20-25-13-15-27(38)16-14-25)31(40)34(19-17-24-9-5-3-6-10-24)22-29(36)37(35)32(41)33-21-26-11-7-4-8-12-26/h2-16,28-29,38H,1,17-23H2,(H,33,41)/t28-,29-/m0/s1. The minimum Gasteiger partial charge on any atom is -0.508 e. The molecule has 9 nitrogen and oxygen atoms in total. The number of phenolic OH excluding ortho intramolecular Hbond substituents is 1. The van der Waals surface area contributed by atoms with Gasteiger partial charge >= 0.3 is 6.03 Å². The van der Waals surface area contributed by atoms with E-state index in [1.165, 1.54) is 0 Å². The molecule has 9 heteroatoms. The maximum Gasteiger partial charge on any atom is 0.334 e. The molecule has 2 N–H and O–H groups in total. The van der Waals surface area contributed by atoms with Gasteiger partial charge in [0.05, 0.1) is 13.1 Å². The molecular formula is C32H35N5O4. The van der Waals surface area contributed by atoms with Crippen molar-refractivity contribution in [1.29, 1.82) is 0 Å². The topological polar surface area (TPSA) is 96.4 Å². The van der Waals surface area contributed by atoms with Crippen LogP contribution in [0.2, 0.25) is 0 Å². The van der Waals surface area contributed by atoms with Gasteiger partial charge in [-0.1, -0.05) is 78.9 Å². The summed E-state index contributed by atoms with van der Waals surface area (Å²) in [5, 5.41) is 16.0. The first-order chi connectivity index (χ1) is 19.9. The van der Waals surface area contributed by atoms with Crippen molar-refractivity contribution in [3.63, 3.8) is 0 Å². The fourth-order valence-electron chi connectivity index (χ4n) is 5.52. The molecule has 5 rings (SSSR count). The quantitative estimate of drug-likeness (QED) is 0.397. The van der Waals surface area contributed by atoms with E-state index >= 15 is 0 Å². The first kappa shape index (κ1) is 27.9. The molecule has 2 saturated heterocycles. The van der Waals surface area contributed by atoms with Gasteiger partial charge < -0.3 is 20.2 Å². The number of benzene rings is 3. The summed E-state index contributed by atoms with van der Waals surface area (Å²) in [6, 6.07) is 25.1. The average Bonchev–Trinajstić information content (AvgIpc) is 2.99. The van der Waals surface area contributed by atoms with E-state index in [2.05, 4.69) is 11.9 Å². The van der Waals surface area contributed by atoms with Gasteiger partial charge in [0.2, 0.25) is 11.8 Å². The molecule has 2 aliphatic rings. The number of carbonyl (C=O) groups is 3. The molecule has 3 aromatic rings. The SMILES string of the molecule is C=CCN1CC(=O)N2[C@@H](Cc3ccc(O)cc3)C(=O)N(CCc3ccccc3)C[C@@H]2N1C(=O)NCc1ccccc1. The Bertz CT molecular complexity index is 1370. The lowest BCUT2D eigenvalue weighted by atomic mass is 9.98. The number of urea groups is 1. The number of aromatic hydroxyl groups is 1. The Morgan fingerprint density at radius 2 is 1.59 bits per heavy atom. The van der Waals surface area contributed by atoms with E-state index in [-0.39, 0.29) is 43.1 Å². The van der Waals surface area contributed by atoms with Crippen LogP contribution in [0.1, 0.15) is 16.7 Å². The van der Waals surface area contributed by atoms with Gasteiger partial charge in [0.25, 0.3) is 0 Å². The average molecular weight is 554 g/mol. The molecular weight excluding hydrogens is 518 g/mol. The molecule has 2 fully saturated rings. The van der Waals surface area contributed by atoms with Crippen LogP contribution in [0.15, 0.2) is 97.6 Å². The molecule has 4 amide bonds. The van der Waals surface area contributed by atoms with E-state index < -0.39 is 12.2 Å².